The van der Waals surface area contributed by atoms with Gasteiger partial charge in [0.2, 0.25) is 0 Å². The molecule has 1 amide bonds. The third-order valence-corrected chi connectivity index (χ3v) is 4.37. The Hall–Kier alpha value is -2.05. The van der Waals surface area contributed by atoms with Gasteiger partial charge in [-0.3, -0.25) is 9.48 Å². The summed E-state index contributed by atoms with van der Waals surface area (Å²) in [6.07, 6.45) is 2.71. The van der Waals surface area contributed by atoms with E-state index in [0.29, 0.717) is 18.8 Å². The SMILES string of the molecule is COCCn1ccc(C(=O)N[C@@H]2CCN(c3ccc(Cl)cc3)C2)n1. The molecule has 2 aromatic rings. The Morgan fingerprint density at radius 2 is 2.17 bits per heavy atom. The molecule has 2 heterocycles. The number of carbonyl (C=O) groups is 1. The summed E-state index contributed by atoms with van der Waals surface area (Å²) in [5.41, 5.74) is 1.57. The largest absolute Gasteiger partial charge is 0.383 e. The highest BCUT2D eigenvalue weighted by Crippen LogP contribution is 2.22. The molecule has 0 aliphatic carbocycles. The molecule has 0 saturated carbocycles. The Labute approximate surface area is 146 Å². The number of ether oxygens (including phenoxy) is 1. The zero-order valence-electron chi connectivity index (χ0n) is 13.6. The van der Waals surface area contributed by atoms with Gasteiger partial charge in [-0.2, -0.15) is 5.10 Å². The van der Waals surface area contributed by atoms with Crippen LogP contribution in [0, 0.1) is 0 Å². The number of anilines is 1. The quantitative estimate of drug-likeness (QED) is 0.869. The first-order valence-electron chi connectivity index (χ1n) is 7.99. The van der Waals surface area contributed by atoms with Gasteiger partial charge in [0, 0.05) is 43.1 Å². The van der Waals surface area contributed by atoms with Crippen LogP contribution in [0.15, 0.2) is 36.5 Å². The molecule has 1 atom stereocenters. The Bertz CT molecular complexity index is 686. The fourth-order valence-electron chi connectivity index (χ4n) is 2.82. The van der Waals surface area contributed by atoms with Gasteiger partial charge in [0.1, 0.15) is 5.69 Å². The smallest absolute Gasteiger partial charge is 0.272 e. The highest BCUT2D eigenvalue weighted by atomic mass is 35.5. The summed E-state index contributed by atoms with van der Waals surface area (Å²) in [7, 11) is 1.64. The number of aromatic nitrogens is 2. The van der Waals surface area contributed by atoms with Gasteiger partial charge in [-0.1, -0.05) is 11.6 Å². The summed E-state index contributed by atoms with van der Waals surface area (Å²) < 4.78 is 6.72. The predicted molar refractivity (Wildman–Crippen MR) is 93.6 cm³/mol. The molecule has 0 bridgehead atoms. The van der Waals surface area contributed by atoms with Crippen molar-refractivity contribution in [3.8, 4) is 0 Å². The van der Waals surface area contributed by atoms with Gasteiger partial charge in [-0.25, -0.2) is 0 Å². The van der Waals surface area contributed by atoms with Crippen LogP contribution >= 0.6 is 11.6 Å². The monoisotopic (exact) mass is 348 g/mol. The average molecular weight is 349 g/mol. The number of hydrogen-bond donors (Lipinski definition) is 1. The van der Waals surface area contributed by atoms with Crippen LogP contribution in [0.4, 0.5) is 5.69 Å². The molecule has 24 heavy (non-hydrogen) atoms. The number of nitrogens with zero attached hydrogens (tertiary/aromatic N) is 3. The third-order valence-electron chi connectivity index (χ3n) is 4.11. The van der Waals surface area contributed by atoms with Gasteiger partial charge in [-0.05, 0) is 36.8 Å². The molecule has 1 fully saturated rings. The summed E-state index contributed by atoms with van der Waals surface area (Å²) in [5, 5.41) is 8.06. The van der Waals surface area contributed by atoms with Gasteiger partial charge in [0.05, 0.1) is 13.2 Å². The summed E-state index contributed by atoms with van der Waals surface area (Å²) in [6, 6.07) is 9.63. The molecule has 0 radical (unpaired) electrons. The van der Waals surface area contributed by atoms with Crippen LogP contribution in [0.1, 0.15) is 16.9 Å². The molecule has 1 N–H and O–H groups in total. The second-order valence-electron chi connectivity index (χ2n) is 5.84. The molecule has 128 valence electrons. The van der Waals surface area contributed by atoms with Gasteiger partial charge in [-0.15, -0.1) is 0 Å². The predicted octanol–water partition coefficient (Wildman–Crippen LogP) is 2.19. The van der Waals surface area contributed by atoms with E-state index in [-0.39, 0.29) is 11.9 Å². The minimum absolute atomic E-state index is 0.123. The van der Waals surface area contributed by atoms with Crippen molar-refractivity contribution in [1.82, 2.24) is 15.1 Å². The second-order valence-corrected chi connectivity index (χ2v) is 6.27. The Kier molecular flexibility index (Phi) is 5.37. The van der Waals surface area contributed by atoms with E-state index < -0.39 is 0 Å². The summed E-state index contributed by atoms with van der Waals surface area (Å²) >= 11 is 5.93. The van der Waals surface area contributed by atoms with Crippen molar-refractivity contribution in [3.63, 3.8) is 0 Å². The van der Waals surface area contributed by atoms with Crippen LogP contribution in [0.2, 0.25) is 5.02 Å². The number of carbonyl (C=O) groups excluding carboxylic acids is 1. The summed E-state index contributed by atoms with van der Waals surface area (Å²) in [5.74, 6) is -0.130. The Balaban J connectivity index is 1.54. The average Bonchev–Trinajstić information content (AvgIpc) is 3.23. The molecule has 1 aliphatic rings. The molecule has 7 heteroatoms. The van der Waals surface area contributed by atoms with Gasteiger partial charge < -0.3 is 15.0 Å². The van der Waals surface area contributed by atoms with E-state index in [4.69, 9.17) is 16.3 Å². The van der Waals surface area contributed by atoms with E-state index in [9.17, 15) is 4.79 Å². The lowest BCUT2D eigenvalue weighted by atomic mass is 10.2. The zero-order chi connectivity index (χ0) is 16.9. The van der Waals surface area contributed by atoms with E-state index in [1.807, 2.05) is 24.3 Å². The molecular formula is C17H21ClN4O2. The number of nitrogens with one attached hydrogen (secondary N) is 1. The first-order valence-corrected chi connectivity index (χ1v) is 8.37. The number of amides is 1. The topological polar surface area (TPSA) is 59.4 Å². The molecule has 1 saturated heterocycles. The number of rotatable bonds is 6. The maximum absolute atomic E-state index is 12.3. The lowest BCUT2D eigenvalue weighted by molar-refractivity contribution is 0.0934. The van der Waals surface area contributed by atoms with Crippen LogP contribution in [0.3, 0.4) is 0 Å². The fourth-order valence-corrected chi connectivity index (χ4v) is 2.94. The first kappa shape index (κ1) is 16.8. The summed E-state index contributed by atoms with van der Waals surface area (Å²) in [6.45, 7) is 2.91. The van der Waals surface area contributed by atoms with Crippen LogP contribution < -0.4 is 10.2 Å². The van der Waals surface area contributed by atoms with Crippen molar-refractivity contribution in [2.75, 3.05) is 31.7 Å². The van der Waals surface area contributed by atoms with Crippen LogP contribution in [0.5, 0.6) is 0 Å². The van der Waals surface area contributed by atoms with Crippen molar-refractivity contribution < 1.29 is 9.53 Å². The number of hydrogen-bond acceptors (Lipinski definition) is 4. The van der Waals surface area contributed by atoms with Crippen LogP contribution in [0.25, 0.3) is 0 Å². The van der Waals surface area contributed by atoms with Gasteiger partial charge in [0.15, 0.2) is 0 Å². The number of methoxy groups -OCH3 is 1. The lowest BCUT2D eigenvalue weighted by Gasteiger charge is -2.19. The molecule has 3 rings (SSSR count). The Morgan fingerprint density at radius 3 is 2.92 bits per heavy atom. The van der Waals surface area contributed by atoms with Gasteiger partial charge in [0.25, 0.3) is 5.91 Å². The van der Waals surface area contributed by atoms with Crippen molar-refractivity contribution in [1.29, 1.82) is 0 Å². The molecule has 0 spiro atoms. The molecule has 1 aromatic heterocycles. The van der Waals surface area contributed by atoms with Crippen molar-refractivity contribution in [2.45, 2.75) is 19.0 Å². The van der Waals surface area contributed by atoms with E-state index in [0.717, 1.165) is 30.2 Å². The van der Waals surface area contributed by atoms with Crippen molar-refractivity contribution in [2.24, 2.45) is 0 Å². The molecule has 6 nitrogen and oxygen atoms in total. The Morgan fingerprint density at radius 1 is 1.38 bits per heavy atom. The summed E-state index contributed by atoms with van der Waals surface area (Å²) in [4.78, 5) is 14.6. The highest BCUT2D eigenvalue weighted by molar-refractivity contribution is 6.30. The first-order chi connectivity index (χ1) is 11.7. The zero-order valence-corrected chi connectivity index (χ0v) is 14.4. The van der Waals surface area contributed by atoms with Crippen molar-refractivity contribution >= 4 is 23.2 Å². The maximum atomic E-state index is 12.3. The fraction of sp³-hybridized carbons (Fsp3) is 0.412. The van der Waals surface area contributed by atoms with Crippen molar-refractivity contribution in [3.05, 3.63) is 47.2 Å². The number of benzene rings is 1. The lowest BCUT2D eigenvalue weighted by Crippen LogP contribution is -2.37. The van der Waals surface area contributed by atoms with E-state index in [1.54, 1.807) is 24.1 Å². The molecule has 0 unspecified atom stereocenters. The standard InChI is InChI=1S/C17H21ClN4O2/c1-24-11-10-22-9-7-16(20-22)17(23)19-14-6-8-21(12-14)15-4-2-13(18)3-5-15/h2-5,7,9,14H,6,8,10-12H2,1H3,(H,19,23)/t14-/m1/s1. The van der Waals surface area contributed by atoms with E-state index in [1.165, 1.54) is 0 Å². The van der Waals surface area contributed by atoms with Gasteiger partial charge >= 0.3 is 0 Å². The minimum Gasteiger partial charge on any atom is -0.383 e. The third kappa shape index (κ3) is 4.07. The normalized spacial score (nSPS) is 17.2. The molecule has 1 aliphatic heterocycles. The second kappa shape index (κ2) is 7.68. The van der Waals surface area contributed by atoms with Crippen LogP contribution in [-0.2, 0) is 11.3 Å². The maximum Gasteiger partial charge on any atom is 0.272 e. The van der Waals surface area contributed by atoms with E-state index >= 15 is 0 Å². The van der Waals surface area contributed by atoms with Crippen LogP contribution in [-0.4, -0.2) is 48.5 Å². The van der Waals surface area contributed by atoms with E-state index in [2.05, 4.69) is 15.3 Å². The highest BCUT2D eigenvalue weighted by Gasteiger charge is 2.25. The molecular weight excluding hydrogens is 328 g/mol. The molecule has 1 aromatic carbocycles. The minimum atomic E-state index is -0.130. The number of halogens is 1.